The Balaban J connectivity index is 3.04. The highest BCUT2D eigenvalue weighted by atomic mass is 79.9. The molecule has 0 radical (unpaired) electrons. The number of rotatable bonds is 4. The maximum absolute atomic E-state index is 5.66. The second-order valence-corrected chi connectivity index (χ2v) is 5.92. The summed E-state index contributed by atoms with van der Waals surface area (Å²) in [5.41, 5.74) is 4.07. The Morgan fingerprint density at radius 1 is 1.47 bits per heavy atom. The van der Waals surface area contributed by atoms with Crippen LogP contribution in [0.2, 0.25) is 0 Å². The van der Waals surface area contributed by atoms with Crippen LogP contribution in [-0.4, -0.2) is 24.5 Å². The lowest BCUT2D eigenvalue weighted by molar-refractivity contribution is 0.138. The van der Waals surface area contributed by atoms with Crippen molar-refractivity contribution in [2.75, 3.05) is 14.1 Å². The van der Waals surface area contributed by atoms with Gasteiger partial charge >= 0.3 is 0 Å². The Kier molecular flexibility index (Phi) is 4.31. The summed E-state index contributed by atoms with van der Waals surface area (Å²) in [6, 6.07) is 0.105. The van der Waals surface area contributed by atoms with E-state index in [1.807, 2.05) is 0 Å². The summed E-state index contributed by atoms with van der Waals surface area (Å²) in [6.45, 7) is 4.34. The standard InChI is InChI=1S/C10H18BrN3S/c1-10(2,14(3)4)9(13-12)7-5-15-6-8(7)11/h5-6,9,13H,12H2,1-4H3. The first-order chi connectivity index (χ1) is 6.91. The molecule has 5 heteroatoms. The Hall–Kier alpha value is 0.0600. The molecule has 1 rings (SSSR count). The first kappa shape index (κ1) is 13.1. The fraction of sp³-hybridized carbons (Fsp3) is 0.600. The summed E-state index contributed by atoms with van der Waals surface area (Å²) in [7, 11) is 4.12. The molecular formula is C10H18BrN3S. The summed E-state index contributed by atoms with van der Waals surface area (Å²) in [5, 5.41) is 4.20. The van der Waals surface area contributed by atoms with Crippen molar-refractivity contribution in [3.05, 3.63) is 20.8 Å². The molecule has 15 heavy (non-hydrogen) atoms. The van der Waals surface area contributed by atoms with Gasteiger partial charge in [-0.1, -0.05) is 0 Å². The van der Waals surface area contributed by atoms with E-state index in [0.29, 0.717) is 0 Å². The van der Waals surface area contributed by atoms with Gasteiger partial charge in [0.05, 0.1) is 6.04 Å². The molecule has 0 aromatic carbocycles. The van der Waals surface area contributed by atoms with Gasteiger partial charge in [0.15, 0.2) is 0 Å². The summed E-state index contributed by atoms with van der Waals surface area (Å²) in [6.07, 6.45) is 0. The Labute approximate surface area is 104 Å². The SMILES string of the molecule is CN(C)C(C)(C)C(NN)c1cscc1Br. The Morgan fingerprint density at radius 2 is 2.07 bits per heavy atom. The van der Waals surface area contributed by atoms with Gasteiger partial charge in [-0.2, -0.15) is 11.3 Å². The molecule has 0 fully saturated rings. The van der Waals surface area contributed by atoms with Crippen molar-refractivity contribution in [3.8, 4) is 0 Å². The highest BCUT2D eigenvalue weighted by molar-refractivity contribution is 9.10. The molecule has 0 saturated heterocycles. The van der Waals surface area contributed by atoms with Gasteiger partial charge in [0.25, 0.3) is 0 Å². The van der Waals surface area contributed by atoms with Crippen molar-refractivity contribution in [1.29, 1.82) is 0 Å². The van der Waals surface area contributed by atoms with Crippen LogP contribution in [0.15, 0.2) is 15.2 Å². The molecule has 1 aromatic rings. The smallest absolute Gasteiger partial charge is 0.0657 e. The summed E-state index contributed by atoms with van der Waals surface area (Å²) < 4.78 is 1.12. The van der Waals surface area contributed by atoms with Crippen molar-refractivity contribution in [1.82, 2.24) is 10.3 Å². The number of nitrogens with one attached hydrogen (secondary N) is 1. The Morgan fingerprint density at radius 3 is 2.40 bits per heavy atom. The molecule has 0 aliphatic heterocycles. The third-order valence-electron chi connectivity index (χ3n) is 2.98. The third-order valence-corrected chi connectivity index (χ3v) is 4.73. The largest absolute Gasteiger partial charge is 0.302 e. The third kappa shape index (κ3) is 2.60. The fourth-order valence-electron chi connectivity index (χ4n) is 1.43. The molecule has 0 aliphatic rings. The highest BCUT2D eigenvalue weighted by Gasteiger charge is 2.33. The first-order valence-electron chi connectivity index (χ1n) is 4.76. The van der Waals surface area contributed by atoms with Crippen LogP contribution in [0.5, 0.6) is 0 Å². The zero-order valence-corrected chi connectivity index (χ0v) is 11.9. The molecular weight excluding hydrogens is 274 g/mol. The molecule has 1 aromatic heterocycles. The summed E-state index contributed by atoms with van der Waals surface area (Å²) in [5.74, 6) is 5.66. The molecule has 0 bridgehead atoms. The normalized spacial score (nSPS) is 14.6. The van der Waals surface area contributed by atoms with Crippen molar-refractivity contribution in [2.45, 2.75) is 25.4 Å². The minimum atomic E-state index is -0.0433. The van der Waals surface area contributed by atoms with Crippen molar-refractivity contribution in [2.24, 2.45) is 5.84 Å². The minimum Gasteiger partial charge on any atom is -0.302 e. The number of hydrogen-bond donors (Lipinski definition) is 2. The van der Waals surface area contributed by atoms with Crippen LogP contribution >= 0.6 is 27.3 Å². The van der Waals surface area contributed by atoms with E-state index in [-0.39, 0.29) is 11.6 Å². The molecule has 0 amide bonds. The molecule has 1 unspecified atom stereocenters. The van der Waals surface area contributed by atoms with E-state index >= 15 is 0 Å². The van der Waals surface area contributed by atoms with E-state index < -0.39 is 0 Å². The number of hydrazine groups is 1. The van der Waals surface area contributed by atoms with Crippen LogP contribution in [0.4, 0.5) is 0 Å². The summed E-state index contributed by atoms with van der Waals surface area (Å²) in [4.78, 5) is 2.17. The predicted molar refractivity (Wildman–Crippen MR) is 69.8 cm³/mol. The average Bonchev–Trinajstić information content (AvgIpc) is 2.53. The second kappa shape index (κ2) is 4.93. The molecule has 0 saturated carbocycles. The van der Waals surface area contributed by atoms with Gasteiger partial charge in [-0.15, -0.1) is 0 Å². The molecule has 86 valence electrons. The zero-order valence-electron chi connectivity index (χ0n) is 9.54. The topological polar surface area (TPSA) is 41.3 Å². The molecule has 1 heterocycles. The number of thiophene rings is 1. The van der Waals surface area contributed by atoms with Crippen LogP contribution in [0.3, 0.4) is 0 Å². The second-order valence-electron chi connectivity index (χ2n) is 4.32. The van der Waals surface area contributed by atoms with Gasteiger partial charge < -0.3 is 4.90 Å². The van der Waals surface area contributed by atoms with Gasteiger partial charge in [0.2, 0.25) is 0 Å². The predicted octanol–water partition coefficient (Wildman–Crippen LogP) is 2.36. The lowest BCUT2D eigenvalue weighted by atomic mass is 9.89. The van der Waals surface area contributed by atoms with Crippen LogP contribution in [0.25, 0.3) is 0 Å². The monoisotopic (exact) mass is 291 g/mol. The zero-order chi connectivity index (χ0) is 11.6. The molecule has 3 nitrogen and oxygen atoms in total. The van der Waals surface area contributed by atoms with Crippen LogP contribution in [0, 0.1) is 0 Å². The van der Waals surface area contributed by atoms with E-state index in [1.165, 1.54) is 5.56 Å². The quantitative estimate of drug-likeness (QED) is 0.661. The van der Waals surface area contributed by atoms with Crippen molar-refractivity contribution >= 4 is 27.3 Å². The number of hydrogen-bond acceptors (Lipinski definition) is 4. The Bertz CT molecular complexity index is 322. The van der Waals surface area contributed by atoms with Gasteiger partial charge in [-0.25, -0.2) is 0 Å². The van der Waals surface area contributed by atoms with E-state index in [0.717, 1.165) is 4.47 Å². The molecule has 0 aliphatic carbocycles. The van der Waals surface area contributed by atoms with E-state index in [4.69, 9.17) is 5.84 Å². The minimum absolute atomic E-state index is 0.0433. The van der Waals surface area contributed by atoms with Crippen LogP contribution in [-0.2, 0) is 0 Å². The number of nitrogens with zero attached hydrogens (tertiary/aromatic N) is 1. The van der Waals surface area contributed by atoms with Crippen LogP contribution < -0.4 is 11.3 Å². The van der Waals surface area contributed by atoms with Crippen molar-refractivity contribution in [3.63, 3.8) is 0 Å². The number of likely N-dealkylation sites (N-methyl/N-ethyl adjacent to an activating group) is 1. The van der Waals surface area contributed by atoms with E-state index in [2.05, 4.69) is 65.0 Å². The maximum Gasteiger partial charge on any atom is 0.0657 e. The van der Waals surface area contributed by atoms with Crippen LogP contribution in [0.1, 0.15) is 25.5 Å². The molecule has 1 atom stereocenters. The van der Waals surface area contributed by atoms with E-state index in [1.54, 1.807) is 11.3 Å². The summed E-state index contributed by atoms with van der Waals surface area (Å²) >= 11 is 5.22. The van der Waals surface area contributed by atoms with Crippen molar-refractivity contribution < 1.29 is 0 Å². The van der Waals surface area contributed by atoms with E-state index in [9.17, 15) is 0 Å². The van der Waals surface area contributed by atoms with Gasteiger partial charge in [-0.05, 0) is 54.8 Å². The fourth-order valence-corrected chi connectivity index (χ4v) is 2.98. The molecule has 3 N–H and O–H groups in total. The lowest BCUT2D eigenvalue weighted by Crippen LogP contribution is -2.51. The van der Waals surface area contributed by atoms with Gasteiger partial charge in [-0.3, -0.25) is 11.3 Å². The van der Waals surface area contributed by atoms with Gasteiger partial charge in [0, 0.05) is 15.4 Å². The number of halogens is 1. The first-order valence-corrected chi connectivity index (χ1v) is 6.50. The lowest BCUT2D eigenvalue weighted by Gasteiger charge is -2.39. The van der Waals surface area contributed by atoms with Gasteiger partial charge in [0.1, 0.15) is 0 Å². The number of nitrogens with two attached hydrogens (primary N) is 1. The highest BCUT2D eigenvalue weighted by Crippen LogP contribution is 2.35. The molecule has 0 spiro atoms. The average molecular weight is 292 g/mol. The maximum atomic E-state index is 5.66.